The summed E-state index contributed by atoms with van der Waals surface area (Å²) in [5.41, 5.74) is 1.51. The minimum absolute atomic E-state index is 0.251. The van der Waals surface area contributed by atoms with E-state index >= 15 is 0 Å². The molecular weight excluding hydrogens is 306 g/mol. The molecule has 1 aromatic heterocycles. The molecule has 0 aliphatic carbocycles. The molecule has 0 saturated heterocycles. The number of rotatable bonds is 7. The first-order valence-electron chi connectivity index (χ1n) is 7.87. The van der Waals surface area contributed by atoms with E-state index in [1.54, 1.807) is 37.6 Å². The zero-order valence-electron chi connectivity index (χ0n) is 14.5. The summed E-state index contributed by atoms with van der Waals surface area (Å²) in [6, 6.07) is 8.76. The Hall–Kier alpha value is -2.76. The summed E-state index contributed by atoms with van der Waals surface area (Å²) in [5, 5.41) is 2.78. The fraction of sp³-hybridized carbons (Fsp3) is 0.333. The highest BCUT2D eigenvalue weighted by Gasteiger charge is 2.12. The number of amides is 1. The fourth-order valence-electron chi connectivity index (χ4n) is 2.40. The Morgan fingerprint density at radius 2 is 1.79 bits per heavy atom. The SMILES string of the molecule is CCN(CC)c1ccc(NC(=O)c2ccc(OC)c(OC)c2)nc1. The Morgan fingerprint density at radius 1 is 1.08 bits per heavy atom. The maximum absolute atomic E-state index is 12.4. The highest BCUT2D eigenvalue weighted by molar-refractivity contribution is 6.04. The standard InChI is InChI=1S/C18H23N3O3/c1-5-21(6-2)14-8-10-17(19-12-14)20-18(22)13-7-9-15(23-3)16(11-13)24-4/h7-12H,5-6H2,1-4H3,(H,19,20,22). The Bertz CT molecular complexity index is 682. The van der Waals surface area contributed by atoms with Crippen LogP contribution in [-0.2, 0) is 0 Å². The quantitative estimate of drug-likeness (QED) is 0.845. The van der Waals surface area contributed by atoms with Gasteiger partial charge in [-0.05, 0) is 44.2 Å². The molecule has 1 aromatic carbocycles. The number of nitrogens with zero attached hydrogens (tertiary/aromatic N) is 2. The third-order valence-corrected chi connectivity index (χ3v) is 3.76. The third-order valence-electron chi connectivity index (χ3n) is 3.76. The molecule has 6 nitrogen and oxygen atoms in total. The number of carbonyl (C=O) groups excluding carboxylic acids is 1. The molecule has 1 amide bonds. The van der Waals surface area contributed by atoms with Gasteiger partial charge >= 0.3 is 0 Å². The number of ether oxygens (including phenoxy) is 2. The molecule has 128 valence electrons. The normalized spacial score (nSPS) is 10.2. The van der Waals surface area contributed by atoms with E-state index in [0.29, 0.717) is 22.9 Å². The van der Waals surface area contributed by atoms with Gasteiger partial charge in [-0.1, -0.05) is 0 Å². The number of aromatic nitrogens is 1. The van der Waals surface area contributed by atoms with Crippen molar-refractivity contribution >= 4 is 17.4 Å². The van der Waals surface area contributed by atoms with Crippen molar-refractivity contribution in [3.63, 3.8) is 0 Å². The lowest BCUT2D eigenvalue weighted by atomic mass is 10.2. The van der Waals surface area contributed by atoms with Crippen LogP contribution in [0.3, 0.4) is 0 Å². The summed E-state index contributed by atoms with van der Waals surface area (Å²) in [6.45, 7) is 6.01. The largest absolute Gasteiger partial charge is 0.493 e. The summed E-state index contributed by atoms with van der Waals surface area (Å²) >= 11 is 0. The van der Waals surface area contributed by atoms with E-state index in [2.05, 4.69) is 29.0 Å². The van der Waals surface area contributed by atoms with Gasteiger partial charge in [0.1, 0.15) is 5.82 Å². The lowest BCUT2D eigenvalue weighted by Crippen LogP contribution is -2.22. The number of hydrogen-bond donors (Lipinski definition) is 1. The molecule has 6 heteroatoms. The summed E-state index contributed by atoms with van der Waals surface area (Å²) in [4.78, 5) is 18.9. The molecule has 2 aromatic rings. The predicted octanol–water partition coefficient (Wildman–Crippen LogP) is 3.20. The topological polar surface area (TPSA) is 63.7 Å². The van der Waals surface area contributed by atoms with Gasteiger partial charge in [-0.2, -0.15) is 0 Å². The van der Waals surface area contributed by atoms with Crippen LogP contribution in [0.2, 0.25) is 0 Å². The number of hydrogen-bond acceptors (Lipinski definition) is 5. The van der Waals surface area contributed by atoms with Crippen LogP contribution in [0.25, 0.3) is 0 Å². The van der Waals surface area contributed by atoms with Crippen LogP contribution in [0.15, 0.2) is 36.5 Å². The molecule has 0 radical (unpaired) electrons. The second-order valence-electron chi connectivity index (χ2n) is 5.10. The minimum Gasteiger partial charge on any atom is -0.493 e. The molecule has 24 heavy (non-hydrogen) atoms. The van der Waals surface area contributed by atoms with Crippen molar-refractivity contribution in [1.82, 2.24) is 4.98 Å². The smallest absolute Gasteiger partial charge is 0.256 e. The summed E-state index contributed by atoms with van der Waals surface area (Å²) < 4.78 is 10.4. The van der Waals surface area contributed by atoms with Gasteiger partial charge in [0.25, 0.3) is 5.91 Å². The van der Waals surface area contributed by atoms with Crippen LogP contribution in [0.1, 0.15) is 24.2 Å². The molecular formula is C18H23N3O3. The maximum Gasteiger partial charge on any atom is 0.256 e. The number of anilines is 2. The van der Waals surface area contributed by atoms with Gasteiger partial charge in [-0.25, -0.2) is 4.98 Å². The Kier molecular flexibility index (Phi) is 6.01. The van der Waals surface area contributed by atoms with Crippen LogP contribution in [0, 0.1) is 0 Å². The highest BCUT2D eigenvalue weighted by Crippen LogP contribution is 2.27. The third kappa shape index (κ3) is 3.95. The molecule has 0 atom stereocenters. The van der Waals surface area contributed by atoms with Crippen molar-refractivity contribution in [2.24, 2.45) is 0 Å². The molecule has 0 spiro atoms. The number of pyridine rings is 1. The van der Waals surface area contributed by atoms with E-state index < -0.39 is 0 Å². The van der Waals surface area contributed by atoms with E-state index in [9.17, 15) is 4.79 Å². The van der Waals surface area contributed by atoms with E-state index in [-0.39, 0.29) is 5.91 Å². The highest BCUT2D eigenvalue weighted by atomic mass is 16.5. The number of benzene rings is 1. The van der Waals surface area contributed by atoms with Gasteiger partial charge in [0, 0.05) is 18.7 Å². The molecule has 0 unspecified atom stereocenters. The van der Waals surface area contributed by atoms with E-state index in [4.69, 9.17) is 9.47 Å². The zero-order valence-corrected chi connectivity index (χ0v) is 14.5. The van der Waals surface area contributed by atoms with Crippen molar-refractivity contribution in [3.05, 3.63) is 42.1 Å². The zero-order chi connectivity index (χ0) is 17.5. The molecule has 0 aliphatic heterocycles. The Balaban J connectivity index is 2.12. The average molecular weight is 329 g/mol. The molecule has 0 bridgehead atoms. The van der Waals surface area contributed by atoms with Gasteiger partial charge in [0.2, 0.25) is 0 Å². The summed E-state index contributed by atoms with van der Waals surface area (Å²) in [5.74, 6) is 1.34. The first kappa shape index (κ1) is 17.6. The second kappa shape index (κ2) is 8.19. The second-order valence-corrected chi connectivity index (χ2v) is 5.10. The van der Waals surface area contributed by atoms with Crippen molar-refractivity contribution in [1.29, 1.82) is 0 Å². The predicted molar refractivity (Wildman–Crippen MR) is 95.3 cm³/mol. The van der Waals surface area contributed by atoms with Crippen LogP contribution < -0.4 is 19.7 Å². The molecule has 0 saturated carbocycles. The number of methoxy groups -OCH3 is 2. The number of nitrogens with one attached hydrogen (secondary N) is 1. The fourth-order valence-corrected chi connectivity index (χ4v) is 2.40. The van der Waals surface area contributed by atoms with Crippen molar-refractivity contribution in [3.8, 4) is 11.5 Å². The lowest BCUT2D eigenvalue weighted by Gasteiger charge is -2.20. The van der Waals surface area contributed by atoms with Crippen molar-refractivity contribution < 1.29 is 14.3 Å². The molecule has 0 fully saturated rings. The van der Waals surface area contributed by atoms with Gasteiger partial charge in [-0.3, -0.25) is 4.79 Å². The lowest BCUT2D eigenvalue weighted by molar-refractivity contribution is 0.102. The van der Waals surface area contributed by atoms with Gasteiger partial charge in [-0.15, -0.1) is 0 Å². The first-order chi connectivity index (χ1) is 11.6. The Labute approximate surface area is 142 Å². The van der Waals surface area contributed by atoms with E-state index in [0.717, 1.165) is 18.8 Å². The van der Waals surface area contributed by atoms with Crippen LogP contribution in [-0.4, -0.2) is 38.2 Å². The number of carbonyl (C=O) groups is 1. The molecule has 1 heterocycles. The van der Waals surface area contributed by atoms with Crippen LogP contribution in [0.4, 0.5) is 11.5 Å². The molecule has 0 aliphatic rings. The van der Waals surface area contributed by atoms with Crippen LogP contribution >= 0.6 is 0 Å². The maximum atomic E-state index is 12.4. The average Bonchev–Trinajstić information content (AvgIpc) is 2.63. The summed E-state index contributed by atoms with van der Waals surface area (Å²) in [6.07, 6.45) is 1.76. The van der Waals surface area contributed by atoms with Gasteiger partial charge in [0.15, 0.2) is 11.5 Å². The molecule has 1 N–H and O–H groups in total. The monoisotopic (exact) mass is 329 g/mol. The Morgan fingerprint density at radius 3 is 2.33 bits per heavy atom. The first-order valence-corrected chi connectivity index (χ1v) is 7.87. The van der Waals surface area contributed by atoms with Crippen molar-refractivity contribution in [2.45, 2.75) is 13.8 Å². The summed E-state index contributed by atoms with van der Waals surface area (Å²) in [7, 11) is 3.09. The van der Waals surface area contributed by atoms with Crippen molar-refractivity contribution in [2.75, 3.05) is 37.5 Å². The minimum atomic E-state index is -0.251. The van der Waals surface area contributed by atoms with Crippen LogP contribution in [0.5, 0.6) is 11.5 Å². The van der Waals surface area contributed by atoms with E-state index in [1.807, 2.05) is 6.07 Å². The van der Waals surface area contributed by atoms with Gasteiger partial charge in [0.05, 0.1) is 26.1 Å². The van der Waals surface area contributed by atoms with E-state index in [1.165, 1.54) is 7.11 Å². The molecule has 2 rings (SSSR count). The van der Waals surface area contributed by atoms with Gasteiger partial charge < -0.3 is 19.7 Å².